The van der Waals surface area contributed by atoms with E-state index in [2.05, 4.69) is 0 Å². The topological polar surface area (TPSA) is 187 Å². The number of Topliss-reactive ketones (excluding diaryl/α,β-unsaturated/α-hetero) is 2. The molecule has 10 heteroatoms. The standard InChI is InChI=1S/C21H23N3O7/c1-24(2)15-10-5-8-3-7-4-9(22)6-11(25)12(7)16(26)13(8)18(28)21(10,31)19(29)14(17(15)27)20(23)30/h4,6,8,10,15,25,27-28,31H,3,5,22H2,1-2H3,(H2,23,30)/t8-,10-,15-,21-/m0/s1. The van der Waals surface area contributed by atoms with Crippen LogP contribution in [0.4, 0.5) is 5.69 Å². The molecule has 0 unspecified atom stereocenters. The average Bonchev–Trinajstić information content (AvgIpc) is 2.63. The number of allylic oxidation sites excluding steroid dienone is 1. The molecular weight excluding hydrogens is 406 g/mol. The first-order valence-corrected chi connectivity index (χ1v) is 9.67. The van der Waals surface area contributed by atoms with Crippen LogP contribution in [-0.2, 0) is 16.0 Å². The largest absolute Gasteiger partial charge is 0.510 e. The Hall–Kier alpha value is -3.37. The number of hydrogen-bond donors (Lipinski definition) is 6. The highest BCUT2D eigenvalue weighted by molar-refractivity contribution is 6.24. The Kier molecular flexibility index (Phi) is 4.42. The first-order valence-electron chi connectivity index (χ1n) is 9.67. The van der Waals surface area contributed by atoms with Crippen molar-refractivity contribution < 1.29 is 34.8 Å². The smallest absolute Gasteiger partial charge is 0.255 e. The lowest BCUT2D eigenvalue weighted by Gasteiger charge is -2.50. The molecule has 3 aliphatic rings. The van der Waals surface area contributed by atoms with E-state index in [9.17, 15) is 34.8 Å². The third kappa shape index (κ3) is 2.61. The van der Waals surface area contributed by atoms with Crippen LogP contribution in [0.1, 0.15) is 22.3 Å². The maximum Gasteiger partial charge on any atom is 0.255 e. The van der Waals surface area contributed by atoms with Crippen LogP contribution in [0.25, 0.3) is 0 Å². The predicted molar refractivity (Wildman–Crippen MR) is 108 cm³/mol. The molecule has 0 bridgehead atoms. The molecule has 1 aromatic rings. The molecule has 0 radical (unpaired) electrons. The lowest BCUT2D eigenvalue weighted by Crippen LogP contribution is -2.63. The molecular formula is C21H23N3O7. The second kappa shape index (κ2) is 6.56. The molecule has 164 valence electrons. The maximum atomic E-state index is 13.2. The summed E-state index contributed by atoms with van der Waals surface area (Å²) < 4.78 is 0. The third-order valence-corrected chi connectivity index (χ3v) is 6.55. The van der Waals surface area contributed by atoms with Crippen LogP contribution in [0.2, 0.25) is 0 Å². The number of primary amides is 1. The van der Waals surface area contributed by atoms with Gasteiger partial charge in [0, 0.05) is 23.2 Å². The number of nitrogens with two attached hydrogens (primary N) is 2. The van der Waals surface area contributed by atoms with Gasteiger partial charge in [-0.25, -0.2) is 0 Å². The van der Waals surface area contributed by atoms with Gasteiger partial charge in [0.15, 0.2) is 11.4 Å². The molecule has 1 aromatic carbocycles. The highest BCUT2D eigenvalue weighted by atomic mass is 16.3. The summed E-state index contributed by atoms with van der Waals surface area (Å²) in [6.07, 6.45) is 0.258. The number of likely N-dealkylation sites (N-methyl/N-ethyl adjacent to an activating group) is 1. The molecule has 0 saturated heterocycles. The minimum Gasteiger partial charge on any atom is -0.510 e. The quantitative estimate of drug-likeness (QED) is 0.271. The summed E-state index contributed by atoms with van der Waals surface area (Å²) in [4.78, 5) is 39.7. The molecule has 10 nitrogen and oxygen atoms in total. The van der Waals surface area contributed by atoms with Gasteiger partial charge in [-0.3, -0.25) is 19.3 Å². The van der Waals surface area contributed by atoms with Gasteiger partial charge >= 0.3 is 0 Å². The Balaban J connectivity index is 1.97. The second-order valence-corrected chi connectivity index (χ2v) is 8.54. The molecule has 31 heavy (non-hydrogen) atoms. The predicted octanol–water partition coefficient (Wildman–Crippen LogP) is -0.297. The fourth-order valence-corrected chi connectivity index (χ4v) is 5.30. The number of amides is 1. The first kappa shape index (κ1) is 20.9. The van der Waals surface area contributed by atoms with Gasteiger partial charge in [-0.05, 0) is 44.5 Å². The summed E-state index contributed by atoms with van der Waals surface area (Å²) in [6, 6.07) is 1.74. The van der Waals surface area contributed by atoms with Gasteiger partial charge in [-0.1, -0.05) is 0 Å². The van der Waals surface area contributed by atoms with E-state index in [4.69, 9.17) is 11.5 Å². The van der Waals surface area contributed by atoms with Crippen molar-refractivity contribution in [2.75, 3.05) is 19.8 Å². The summed E-state index contributed by atoms with van der Waals surface area (Å²) in [5.74, 6) is -6.76. The van der Waals surface area contributed by atoms with Gasteiger partial charge < -0.3 is 31.9 Å². The number of nitrogens with zero attached hydrogens (tertiary/aromatic N) is 1. The molecule has 1 amide bonds. The minimum atomic E-state index is -2.63. The molecule has 4 rings (SSSR count). The van der Waals surface area contributed by atoms with Crippen molar-refractivity contribution in [3.8, 4) is 5.75 Å². The van der Waals surface area contributed by atoms with Gasteiger partial charge in [0.2, 0.25) is 5.78 Å². The van der Waals surface area contributed by atoms with Gasteiger partial charge in [0.25, 0.3) is 5.91 Å². The number of fused-ring (bicyclic) bond motifs is 3. The Morgan fingerprint density at radius 3 is 2.42 bits per heavy atom. The highest BCUT2D eigenvalue weighted by Gasteiger charge is 2.63. The molecule has 0 aliphatic heterocycles. The zero-order chi connectivity index (χ0) is 23.0. The lowest BCUT2D eigenvalue weighted by molar-refractivity contribution is -0.148. The molecule has 0 spiro atoms. The normalized spacial score (nSPS) is 30.3. The number of phenols is 1. The van der Waals surface area contributed by atoms with E-state index in [1.54, 1.807) is 20.2 Å². The van der Waals surface area contributed by atoms with Crippen molar-refractivity contribution in [2.45, 2.75) is 24.5 Å². The number of benzene rings is 1. The molecule has 4 atom stereocenters. The molecule has 3 aliphatic carbocycles. The molecule has 0 aromatic heterocycles. The van der Waals surface area contributed by atoms with Gasteiger partial charge in [0.1, 0.15) is 22.8 Å². The Bertz CT molecular complexity index is 1120. The SMILES string of the molecule is CN(C)[C@@H]1C(O)=C(C(N)=O)C(=O)[C@@]2(O)C(O)=C3C(=O)c4c(O)cc(N)cc4C[C@H]3C[C@@H]12. The highest BCUT2D eigenvalue weighted by Crippen LogP contribution is 2.52. The van der Waals surface area contributed by atoms with Crippen LogP contribution in [-0.4, -0.2) is 68.5 Å². The fourth-order valence-electron chi connectivity index (χ4n) is 5.30. The van der Waals surface area contributed by atoms with E-state index in [-0.39, 0.29) is 35.4 Å². The number of ketones is 2. The van der Waals surface area contributed by atoms with E-state index in [0.29, 0.717) is 5.56 Å². The van der Waals surface area contributed by atoms with Crippen LogP contribution >= 0.6 is 0 Å². The van der Waals surface area contributed by atoms with Gasteiger partial charge in [0.05, 0.1) is 11.6 Å². The fraction of sp³-hybridized carbons (Fsp3) is 0.381. The van der Waals surface area contributed by atoms with Crippen molar-refractivity contribution in [1.29, 1.82) is 0 Å². The number of phenolic OH excluding ortho intramolecular Hbond substituents is 1. The number of rotatable bonds is 2. The third-order valence-electron chi connectivity index (χ3n) is 6.55. The molecule has 8 N–H and O–H groups in total. The van der Waals surface area contributed by atoms with Crippen LogP contribution in [0.15, 0.2) is 34.8 Å². The van der Waals surface area contributed by atoms with E-state index in [1.807, 2.05) is 0 Å². The number of hydrogen-bond acceptors (Lipinski definition) is 9. The Labute approximate surface area is 177 Å². The number of carbonyl (C=O) groups excluding carboxylic acids is 3. The summed E-state index contributed by atoms with van der Waals surface area (Å²) in [7, 11) is 3.15. The number of aliphatic hydroxyl groups is 3. The van der Waals surface area contributed by atoms with Crippen LogP contribution < -0.4 is 11.5 Å². The Morgan fingerprint density at radius 1 is 1.19 bits per heavy atom. The summed E-state index contributed by atoms with van der Waals surface area (Å²) in [5, 5.41) is 43.4. The van der Waals surface area contributed by atoms with Crippen molar-refractivity contribution in [3.05, 3.63) is 45.9 Å². The minimum absolute atomic E-state index is 0.0430. The summed E-state index contributed by atoms with van der Waals surface area (Å²) in [6.45, 7) is 0. The van der Waals surface area contributed by atoms with Crippen molar-refractivity contribution >= 4 is 23.2 Å². The van der Waals surface area contributed by atoms with Gasteiger partial charge in [-0.15, -0.1) is 0 Å². The van der Waals surface area contributed by atoms with Crippen molar-refractivity contribution in [1.82, 2.24) is 4.90 Å². The van der Waals surface area contributed by atoms with E-state index < -0.39 is 58.0 Å². The van der Waals surface area contributed by atoms with Crippen LogP contribution in [0.3, 0.4) is 0 Å². The lowest BCUT2D eigenvalue weighted by atomic mass is 9.58. The number of anilines is 1. The molecule has 0 heterocycles. The van der Waals surface area contributed by atoms with Crippen LogP contribution in [0, 0.1) is 11.8 Å². The monoisotopic (exact) mass is 429 g/mol. The number of aliphatic hydroxyl groups excluding tert-OH is 2. The maximum absolute atomic E-state index is 13.2. The van der Waals surface area contributed by atoms with E-state index in [1.165, 1.54) is 11.0 Å². The number of carbonyl (C=O) groups is 3. The van der Waals surface area contributed by atoms with Crippen molar-refractivity contribution in [3.63, 3.8) is 0 Å². The second-order valence-electron chi connectivity index (χ2n) is 8.54. The zero-order valence-electron chi connectivity index (χ0n) is 16.9. The van der Waals surface area contributed by atoms with E-state index >= 15 is 0 Å². The van der Waals surface area contributed by atoms with Gasteiger partial charge in [-0.2, -0.15) is 0 Å². The number of nitrogen functional groups attached to an aromatic ring is 1. The first-order chi connectivity index (χ1) is 14.4. The van der Waals surface area contributed by atoms with E-state index in [0.717, 1.165) is 0 Å². The average molecular weight is 429 g/mol. The molecule has 0 fully saturated rings. The number of aromatic hydroxyl groups is 1. The summed E-state index contributed by atoms with van der Waals surface area (Å²) in [5.41, 5.74) is 8.09. The summed E-state index contributed by atoms with van der Waals surface area (Å²) >= 11 is 0. The van der Waals surface area contributed by atoms with Crippen molar-refractivity contribution in [2.24, 2.45) is 17.6 Å². The zero-order valence-corrected chi connectivity index (χ0v) is 16.9. The Morgan fingerprint density at radius 2 is 1.84 bits per heavy atom. The molecule has 0 saturated carbocycles. The van der Waals surface area contributed by atoms with Crippen LogP contribution in [0.5, 0.6) is 5.75 Å².